The molecule has 0 bridgehead atoms. The van der Waals surface area contributed by atoms with E-state index in [1.54, 1.807) is 0 Å². The summed E-state index contributed by atoms with van der Waals surface area (Å²) in [5.41, 5.74) is 6.99. The van der Waals surface area contributed by atoms with Crippen molar-refractivity contribution < 1.29 is 14.3 Å². The summed E-state index contributed by atoms with van der Waals surface area (Å²) in [6, 6.07) is 9.00. The number of piperidine rings is 1. The molecule has 1 aromatic carbocycles. The Morgan fingerprint density at radius 1 is 1.21 bits per heavy atom. The van der Waals surface area contributed by atoms with E-state index in [1.165, 1.54) is 12.8 Å². The lowest BCUT2D eigenvalue weighted by Gasteiger charge is -2.34. The van der Waals surface area contributed by atoms with Gasteiger partial charge in [0, 0.05) is 19.7 Å². The Morgan fingerprint density at radius 2 is 1.96 bits per heavy atom. The van der Waals surface area contributed by atoms with Crippen LogP contribution in [0, 0.1) is 0 Å². The maximum atomic E-state index is 12.6. The Bertz CT molecular complexity index is 509. The molecular formula is C19H28N2O3. The van der Waals surface area contributed by atoms with Crippen LogP contribution in [0.2, 0.25) is 0 Å². The van der Waals surface area contributed by atoms with Gasteiger partial charge in [-0.05, 0) is 37.7 Å². The van der Waals surface area contributed by atoms with Crippen LogP contribution in [-0.2, 0) is 14.3 Å². The van der Waals surface area contributed by atoms with Gasteiger partial charge in [0.15, 0.2) is 0 Å². The second-order valence-corrected chi connectivity index (χ2v) is 6.73. The fourth-order valence-corrected chi connectivity index (χ4v) is 3.42. The monoisotopic (exact) mass is 332 g/mol. The summed E-state index contributed by atoms with van der Waals surface area (Å²) in [7, 11) is 0. The van der Waals surface area contributed by atoms with Crippen LogP contribution in [0.3, 0.4) is 0 Å². The smallest absolute Gasteiger partial charge is 0.244 e. The van der Waals surface area contributed by atoms with Crippen molar-refractivity contribution in [3.05, 3.63) is 35.9 Å². The molecule has 0 spiro atoms. The van der Waals surface area contributed by atoms with Crippen molar-refractivity contribution in [1.82, 2.24) is 4.90 Å². The van der Waals surface area contributed by atoms with Crippen LogP contribution in [0.25, 0.3) is 0 Å². The number of carbonyl (C=O) groups excluding carboxylic acids is 1. The van der Waals surface area contributed by atoms with Gasteiger partial charge in [0.1, 0.15) is 6.04 Å². The molecule has 3 rings (SSSR count). The lowest BCUT2D eigenvalue weighted by atomic mass is 10.0. The van der Waals surface area contributed by atoms with Gasteiger partial charge in [0.25, 0.3) is 0 Å². The molecule has 24 heavy (non-hydrogen) atoms. The Kier molecular flexibility index (Phi) is 6.24. The molecule has 5 heteroatoms. The molecule has 0 aliphatic carbocycles. The molecule has 2 atom stereocenters. The van der Waals surface area contributed by atoms with E-state index in [1.807, 2.05) is 35.2 Å². The fraction of sp³-hybridized carbons (Fsp3) is 0.632. The quantitative estimate of drug-likeness (QED) is 0.898. The average molecular weight is 332 g/mol. The maximum Gasteiger partial charge on any atom is 0.244 e. The lowest BCUT2D eigenvalue weighted by molar-refractivity contribution is -0.136. The number of likely N-dealkylation sites (tertiary alicyclic amines) is 1. The highest BCUT2D eigenvalue weighted by molar-refractivity contribution is 5.83. The number of nitrogens with zero attached hydrogens (tertiary/aromatic N) is 1. The minimum Gasteiger partial charge on any atom is -0.376 e. The van der Waals surface area contributed by atoms with E-state index in [2.05, 4.69) is 0 Å². The minimum absolute atomic E-state index is 0.00950. The molecule has 0 aromatic heterocycles. The van der Waals surface area contributed by atoms with Crippen LogP contribution in [0.15, 0.2) is 30.3 Å². The molecule has 132 valence electrons. The summed E-state index contributed by atoms with van der Waals surface area (Å²) in [5, 5.41) is 0. The molecule has 2 heterocycles. The summed E-state index contributed by atoms with van der Waals surface area (Å²) in [6.45, 7) is 2.98. The minimum atomic E-state index is -0.570. The molecule has 2 aliphatic rings. The maximum absolute atomic E-state index is 12.6. The topological polar surface area (TPSA) is 64.8 Å². The molecule has 2 saturated heterocycles. The molecule has 2 N–H and O–H groups in total. The van der Waals surface area contributed by atoms with E-state index in [-0.39, 0.29) is 18.1 Å². The first-order valence-electron chi connectivity index (χ1n) is 9.06. The van der Waals surface area contributed by atoms with Crippen LogP contribution in [0.5, 0.6) is 0 Å². The summed E-state index contributed by atoms with van der Waals surface area (Å²) >= 11 is 0. The van der Waals surface area contributed by atoms with Crippen molar-refractivity contribution in [1.29, 1.82) is 0 Å². The predicted molar refractivity (Wildman–Crippen MR) is 92.5 cm³/mol. The van der Waals surface area contributed by atoms with Crippen molar-refractivity contribution in [2.45, 2.75) is 50.4 Å². The van der Waals surface area contributed by atoms with E-state index in [4.69, 9.17) is 15.2 Å². The fourth-order valence-electron chi connectivity index (χ4n) is 3.42. The standard InChI is InChI=1S/C19H28N2O3/c20-18(15-6-2-1-3-7-15)19(22)21-11-9-16(10-12-21)24-14-17-8-4-5-13-23-17/h1-3,6-7,16-18H,4-5,8-14,20H2. The molecule has 5 nitrogen and oxygen atoms in total. The van der Waals surface area contributed by atoms with Gasteiger partial charge in [-0.1, -0.05) is 30.3 Å². The summed E-state index contributed by atoms with van der Waals surface area (Å²) < 4.78 is 11.7. The van der Waals surface area contributed by atoms with Gasteiger partial charge in [-0.25, -0.2) is 0 Å². The third-order valence-corrected chi connectivity index (χ3v) is 4.97. The van der Waals surface area contributed by atoms with E-state index >= 15 is 0 Å². The van der Waals surface area contributed by atoms with E-state index in [9.17, 15) is 4.79 Å². The van der Waals surface area contributed by atoms with Crippen molar-refractivity contribution in [2.75, 3.05) is 26.3 Å². The Labute approximate surface area is 144 Å². The normalized spacial score (nSPS) is 23.9. The van der Waals surface area contributed by atoms with Crippen molar-refractivity contribution in [3.8, 4) is 0 Å². The highest BCUT2D eigenvalue weighted by atomic mass is 16.5. The van der Waals surface area contributed by atoms with Gasteiger partial charge >= 0.3 is 0 Å². The highest BCUT2D eigenvalue weighted by Crippen LogP contribution is 2.20. The molecule has 0 radical (unpaired) electrons. The number of ether oxygens (including phenoxy) is 2. The first kappa shape index (κ1) is 17.4. The highest BCUT2D eigenvalue weighted by Gasteiger charge is 2.28. The largest absolute Gasteiger partial charge is 0.376 e. The van der Waals surface area contributed by atoms with E-state index in [0.717, 1.165) is 44.5 Å². The van der Waals surface area contributed by atoms with Gasteiger partial charge in [0.05, 0.1) is 18.8 Å². The lowest BCUT2D eigenvalue weighted by Crippen LogP contribution is -2.45. The van der Waals surface area contributed by atoms with E-state index < -0.39 is 6.04 Å². The van der Waals surface area contributed by atoms with Crippen molar-refractivity contribution >= 4 is 5.91 Å². The third-order valence-electron chi connectivity index (χ3n) is 4.97. The number of nitrogens with two attached hydrogens (primary N) is 1. The van der Waals surface area contributed by atoms with Crippen LogP contribution in [0.1, 0.15) is 43.7 Å². The summed E-state index contributed by atoms with van der Waals surface area (Å²) in [4.78, 5) is 14.4. The number of hydrogen-bond donors (Lipinski definition) is 1. The zero-order valence-corrected chi connectivity index (χ0v) is 14.2. The first-order chi connectivity index (χ1) is 11.7. The average Bonchev–Trinajstić information content (AvgIpc) is 2.67. The predicted octanol–water partition coefficient (Wildman–Crippen LogP) is 2.26. The van der Waals surface area contributed by atoms with Crippen LogP contribution >= 0.6 is 0 Å². The van der Waals surface area contributed by atoms with Crippen LogP contribution in [0.4, 0.5) is 0 Å². The number of amides is 1. The number of carbonyl (C=O) groups is 1. The Hall–Kier alpha value is -1.43. The number of benzene rings is 1. The van der Waals surface area contributed by atoms with Gasteiger partial charge in [-0.15, -0.1) is 0 Å². The second kappa shape index (κ2) is 8.60. The van der Waals surface area contributed by atoms with Gasteiger partial charge < -0.3 is 20.1 Å². The molecule has 1 amide bonds. The molecule has 2 fully saturated rings. The van der Waals surface area contributed by atoms with Gasteiger partial charge in [-0.3, -0.25) is 4.79 Å². The number of hydrogen-bond acceptors (Lipinski definition) is 4. The van der Waals surface area contributed by atoms with Crippen molar-refractivity contribution in [2.24, 2.45) is 5.73 Å². The van der Waals surface area contributed by atoms with Gasteiger partial charge in [-0.2, -0.15) is 0 Å². The van der Waals surface area contributed by atoms with Crippen LogP contribution < -0.4 is 5.73 Å². The Balaban J connectivity index is 1.42. The summed E-state index contributed by atoms with van der Waals surface area (Å²) in [6.07, 6.45) is 5.73. The van der Waals surface area contributed by atoms with Crippen LogP contribution in [-0.4, -0.2) is 49.3 Å². The Morgan fingerprint density at radius 3 is 2.62 bits per heavy atom. The molecule has 1 aromatic rings. The van der Waals surface area contributed by atoms with E-state index in [0.29, 0.717) is 6.61 Å². The molecular weight excluding hydrogens is 304 g/mol. The molecule has 0 saturated carbocycles. The summed E-state index contributed by atoms with van der Waals surface area (Å²) in [5.74, 6) is 0.00950. The first-order valence-corrected chi connectivity index (χ1v) is 9.06. The molecule has 2 aliphatic heterocycles. The zero-order chi connectivity index (χ0) is 16.8. The van der Waals surface area contributed by atoms with Crippen molar-refractivity contribution in [3.63, 3.8) is 0 Å². The SMILES string of the molecule is NC(C(=O)N1CCC(OCC2CCCCO2)CC1)c1ccccc1. The zero-order valence-electron chi connectivity index (χ0n) is 14.2. The van der Waals surface area contributed by atoms with Gasteiger partial charge in [0.2, 0.25) is 5.91 Å². The molecule has 2 unspecified atom stereocenters. The second-order valence-electron chi connectivity index (χ2n) is 6.73. The third kappa shape index (κ3) is 4.56. The number of rotatable bonds is 5.